The van der Waals surface area contributed by atoms with Crippen LogP contribution in [0.1, 0.15) is 30.1 Å². The zero-order valence-corrected chi connectivity index (χ0v) is 17.0. The fourth-order valence-electron chi connectivity index (χ4n) is 3.05. The average molecular weight is 432 g/mol. The van der Waals surface area contributed by atoms with Crippen molar-refractivity contribution in [2.24, 2.45) is 5.92 Å². The molecule has 0 radical (unpaired) electrons. The number of thioether (sulfide) groups is 1. The third-order valence-electron chi connectivity index (χ3n) is 4.45. The van der Waals surface area contributed by atoms with Gasteiger partial charge in [-0.3, -0.25) is 14.4 Å². The lowest BCUT2D eigenvalue weighted by Gasteiger charge is -2.32. The van der Waals surface area contributed by atoms with E-state index in [1.807, 2.05) is 0 Å². The van der Waals surface area contributed by atoms with Crippen LogP contribution in [0.5, 0.6) is 0 Å². The number of esters is 1. The third-order valence-corrected chi connectivity index (χ3v) is 5.19. The van der Waals surface area contributed by atoms with Gasteiger partial charge in [-0.15, -0.1) is 0 Å². The summed E-state index contributed by atoms with van der Waals surface area (Å²) in [7, 11) is 1.45. The Balaban J connectivity index is 1.93. The van der Waals surface area contributed by atoms with Crippen molar-refractivity contribution in [3.63, 3.8) is 0 Å². The highest BCUT2D eigenvalue weighted by atomic mass is 32.2. The average Bonchev–Trinajstić information content (AvgIpc) is 2.67. The Labute approximate surface area is 171 Å². The maximum atomic E-state index is 12.5. The minimum absolute atomic E-state index is 0.0221. The SMILES string of the molecule is CCOC(=O)C1CCCN(C(=O)CN(C)C(=O)c2ccc(SC(F)(F)F)cc2)C1. The topological polar surface area (TPSA) is 66.9 Å². The number of carbonyl (C=O) groups is 3. The lowest BCUT2D eigenvalue weighted by molar-refractivity contribution is -0.151. The van der Waals surface area contributed by atoms with E-state index in [4.69, 9.17) is 4.74 Å². The van der Waals surface area contributed by atoms with Crippen LogP contribution in [-0.4, -0.2) is 66.4 Å². The summed E-state index contributed by atoms with van der Waals surface area (Å²) in [6.45, 7) is 2.57. The van der Waals surface area contributed by atoms with Crippen molar-refractivity contribution in [1.29, 1.82) is 0 Å². The molecule has 0 saturated carbocycles. The van der Waals surface area contributed by atoms with Crippen LogP contribution in [0, 0.1) is 5.92 Å². The van der Waals surface area contributed by atoms with Crippen LogP contribution < -0.4 is 0 Å². The molecular weight excluding hydrogens is 409 g/mol. The highest BCUT2D eigenvalue weighted by Gasteiger charge is 2.31. The van der Waals surface area contributed by atoms with Crippen molar-refractivity contribution < 1.29 is 32.3 Å². The van der Waals surface area contributed by atoms with Gasteiger partial charge in [0.2, 0.25) is 5.91 Å². The maximum Gasteiger partial charge on any atom is 0.446 e. The van der Waals surface area contributed by atoms with E-state index in [9.17, 15) is 27.6 Å². The van der Waals surface area contributed by atoms with E-state index >= 15 is 0 Å². The molecule has 0 aliphatic carbocycles. The van der Waals surface area contributed by atoms with E-state index in [1.54, 1.807) is 6.92 Å². The standard InChI is InChI=1S/C19H23F3N2O4S/c1-3-28-18(27)14-5-4-10-24(11-14)16(25)12-23(2)17(26)13-6-8-15(9-7-13)29-19(20,21)22/h6-9,14H,3-5,10-12H2,1-2H3. The van der Waals surface area contributed by atoms with E-state index in [0.717, 1.165) is 0 Å². The molecule has 29 heavy (non-hydrogen) atoms. The fraction of sp³-hybridized carbons (Fsp3) is 0.526. The number of amides is 2. The van der Waals surface area contributed by atoms with Gasteiger partial charge < -0.3 is 14.5 Å². The van der Waals surface area contributed by atoms with Gasteiger partial charge >= 0.3 is 11.5 Å². The lowest BCUT2D eigenvalue weighted by Crippen LogP contribution is -2.47. The molecule has 1 aliphatic heterocycles. The number of hydrogen-bond acceptors (Lipinski definition) is 5. The summed E-state index contributed by atoms with van der Waals surface area (Å²) < 4.78 is 42.2. The van der Waals surface area contributed by atoms with Gasteiger partial charge in [0.05, 0.1) is 19.1 Å². The smallest absolute Gasteiger partial charge is 0.446 e. The Hall–Kier alpha value is -2.23. The molecule has 1 unspecified atom stereocenters. The van der Waals surface area contributed by atoms with Crippen LogP contribution >= 0.6 is 11.8 Å². The van der Waals surface area contributed by atoms with Gasteiger partial charge in [-0.2, -0.15) is 13.2 Å². The zero-order chi connectivity index (χ0) is 21.6. The highest BCUT2D eigenvalue weighted by molar-refractivity contribution is 8.00. The summed E-state index contributed by atoms with van der Waals surface area (Å²) >= 11 is -0.259. The Morgan fingerprint density at radius 2 is 1.90 bits per heavy atom. The molecule has 1 aliphatic rings. The summed E-state index contributed by atoms with van der Waals surface area (Å²) in [5.41, 5.74) is -4.21. The minimum Gasteiger partial charge on any atom is -0.466 e. The van der Waals surface area contributed by atoms with Crippen LogP contribution in [-0.2, 0) is 14.3 Å². The van der Waals surface area contributed by atoms with Crippen molar-refractivity contribution >= 4 is 29.5 Å². The number of rotatable bonds is 6. The first-order valence-electron chi connectivity index (χ1n) is 9.16. The number of nitrogens with zero attached hydrogens (tertiary/aromatic N) is 2. The Morgan fingerprint density at radius 3 is 2.48 bits per heavy atom. The van der Waals surface area contributed by atoms with Crippen LogP contribution in [0.15, 0.2) is 29.2 Å². The Bertz CT molecular complexity index is 740. The zero-order valence-electron chi connectivity index (χ0n) is 16.2. The van der Waals surface area contributed by atoms with Gasteiger partial charge in [-0.05, 0) is 55.8 Å². The van der Waals surface area contributed by atoms with Crippen molar-refractivity contribution in [2.75, 3.05) is 33.3 Å². The summed E-state index contributed by atoms with van der Waals surface area (Å²) in [5, 5.41) is 0. The van der Waals surface area contributed by atoms with Gasteiger partial charge in [0.1, 0.15) is 0 Å². The molecule has 160 valence electrons. The van der Waals surface area contributed by atoms with E-state index in [2.05, 4.69) is 0 Å². The summed E-state index contributed by atoms with van der Waals surface area (Å²) in [6.07, 6.45) is 1.32. The molecule has 1 heterocycles. The number of alkyl halides is 3. The molecule has 6 nitrogen and oxygen atoms in total. The number of benzene rings is 1. The predicted molar refractivity (Wildman–Crippen MR) is 101 cm³/mol. The predicted octanol–water partition coefficient (Wildman–Crippen LogP) is 3.17. The molecule has 10 heteroatoms. The van der Waals surface area contributed by atoms with Gasteiger partial charge in [0, 0.05) is 30.6 Å². The first kappa shape index (κ1) is 23.1. The van der Waals surface area contributed by atoms with Crippen LogP contribution in [0.4, 0.5) is 13.2 Å². The first-order valence-corrected chi connectivity index (χ1v) is 9.98. The number of hydrogen-bond donors (Lipinski definition) is 0. The third kappa shape index (κ3) is 6.95. The monoisotopic (exact) mass is 432 g/mol. The summed E-state index contributed by atoms with van der Waals surface area (Å²) in [6, 6.07) is 5.04. The molecule has 1 aromatic carbocycles. The van der Waals surface area contributed by atoms with Crippen molar-refractivity contribution in [1.82, 2.24) is 9.80 Å². The second-order valence-corrected chi connectivity index (χ2v) is 7.80. The number of piperidine rings is 1. The number of ether oxygens (including phenoxy) is 1. The normalized spacial score (nSPS) is 17.0. The lowest BCUT2D eigenvalue weighted by atomic mass is 9.98. The largest absolute Gasteiger partial charge is 0.466 e. The molecule has 0 bridgehead atoms. The van der Waals surface area contributed by atoms with E-state index in [1.165, 1.54) is 41.1 Å². The van der Waals surface area contributed by atoms with E-state index < -0.39 is 11.4 Å². The van der Waals surface area contributed by atoms with Crippen LogP contribution in [0.25, 0.3) is 0 Å². The molecule has 0 aromatic heterocycles. The Kier molecular flexibility index (Phi) is 7.95. The van der Waals surface area contributed by atoms with Crippen LogP contribution in [0.3, 0.4) is 0 Å². The molecule has 1 fully saturated rings. The maximum absolute atomic E-state index is 12.5. The second kappa shape index (κ2) is 10.00. The molecular formula is C19H23F3N2O4S. The molecule has 0 spiro atoms. The van der Waals surface area contributed by atoms with Gasteiger partial charge in [0.25, 0.3) is 5.91 Å². The molecule has 0 N–H and O–H groups in total. The molecule has 2 amide bonds. The van der Waals surface area contributed by atoms with Gasteiger partial charge in [0.15, 0.2) is 0 Å². The quantitative estimate of drug-likeness (QED) is 0.510. The van der Waals surface area contributed by atoms with Crippen LogP contribution in [0.2, 0.25) is 0 Å². The molecule has 1 aromatic rings. The Morgan fingerprint density at radius 1 is 1.24 bits per heavy atom. The fourth-order valence-corrected chi connectivity index (χ4v) is 3.59. The second-order valence-electron chi connectivity index (χ2n) is 6.66. The number of carbonyl (C=O) groups excluding carboxylic acids is 3. The van der Waals surface area contributed by atoms with Crippen molar-refractivity contribution in [3.05, 3.63) is 29.8 Å². The van der Waals surface area contributed by atoms with Gasteiger partial charge in [-0.25, -0.2) is 0 Å². The van der Waals surface area contributed by atoms with Gasteiger partial charge in [-0.1, -0.05) is 0 Å². The highest BCUT2D eigenvalue weighted by Crippen LogP contribution is 2.36. The molecule has 1 saturated heterocycles. The minimum atomic E-state index is -4.40. The van der Waals surface area contributed by atoms with E-state index in [-0.39, 0.29) is 59.7 Å². The molecule has 1 atom stereocenters. The number of likely N-dealkylation sites (tertiary alicyclic amines) is 1. The first-order chi connectivity index (χ1) is 13.6. The summed E-state index contributed by atoms with van der Waals surface area (Å²) in [5.74, 6) is -1.46. The number of likely N-dealkylation sites (N-methyl/N-ethyl adjacent to an activating group) is 1. The summed E-state index contributed by atoms with van der Waals surface area (Å²) in [4.78, 5) is 39.6. The molecule has 2 rings (SSSR count). The van der Waals surface area contributed by atoms with Crippen molar-refractivity contribution in [3.8, 4) is 0 Å². The van der Waals surface area contributed by atoms with E-state index in [0.29, 0.717) is 19.4 Å². The van der Waals surface area contributed by atoms with Crippen molar-refractivity contribution in [2.45, 2.75) is 30.2 Å². The number of halogens is 3.